The number of pyridine rings is 1. The molecule has 4 nitrogen and oxygen atoms in total. The Morgan fingerprint density at radius 3 is 2.74 bits per heavy atom. The van der Waals surface area contributed by atoms with E-state index in [9.17, 15) is 4.79 Å². The van der Waals surface area contributed by atoms with Crippen LogP contribution in [0.25, 0.3) is 6.08 Å². The molecule has 0 radical (unpaired) electrons. The zero-order valence-electron chi connectivity index (χ0n) is 10.2. The van der Waals surface area contributed by atoms with Gasteiger partial charge in [0, 0.05) is 11.8 Å². The molecule has 0 fully saturated rings. The molecule has 0 saturated carbocycles. The van der Waals surface area contributed by atoms with E-state index in [1.807, 2.05) is 18.2 Å². The quantitative estimate of drug-likeness (QED) is 0.506. The second-order valence-electron chi connectivity index (χ2n) is 3.72. The third-order valence-corrected chi connectivity index (χ3v) is 2.47. The van der Waals surface area contributed by atoms with Gasteiger partial charge in [-0.15, -0.1) is 0 Å². The van der Waals surface area contributed by atoms with Gasteiger partial charge in [0.05, 0.1) is 0 Å². The Morgan fingerprint density at radius 1 is 1.21 bits per heavy atom. The van der Waals surface area contributed by atoms with Crippen molar-refractivity contribution in [2.45, 2.75) is 0 Å². The highest BCUT2D eigenvalue weighted by Gasteiger charge is 2.03. The van der Waals surface area contributed by atoms with Crippen LogP contribution in [-0.4, -0.2) is 22.7 Å². The largest absolute Gasteiger partial charge is 0.465 e. The van der Waals surface area contributed by atoms with Gasteiger partial charge >= 0.3 is 0 Å². The first-order valence-electron chi connectivity index (χ1n) is 5.77. The van der Waals surface area contributed by atoms with E-state index >= 15 is 0 Å². The van der Waals surface area contributed by atoms with Crippen molar-refractivity contribution in [2.75, 3.05) is 6.79 Å². The minimum Gasteiger partial charge on any atom is -0.465 e. The molecule has 4 heteroatoms. The van der Waals surface area contributed by atoms with Crippen LogP contribution in [0, 0.1) is 0 Å². The topological polar surface area (TPSA) is 59.4 Å². The maximum Gasteiger partial charge on any atom is 0.186 e. The standard InChI is InChI=1S/C15H13NO3/c17-11-19-15-7-4-10-16-13(15)8-9-14(18)12-5-2-1-3-6-12/h1-10,17H,11H2/b9-8+. The fourth-order valence-electron chi connectivity index (χ4n) is 1.57. The van der Waals surface area contributed by atoms with Gasteiger partial charge in [-0.2, -0.15) is 0 Å². The predicted molar refractivity (Wildman–Crippen MR) is 71.8 cm³/mol. The Labute approximate surface area is 111 Å². The van der Waals surface area contributed by atoms with Crippen molar-refractivity contribution in [3.05, 3.63) is 66.0 Å². The summed E-state index contributed by atoms with van der Waals surface area (Å²) in [4.78, 5) is 16.0. The van der Waals surface area contributed by atoms with Gasteiger partial charge in [-0.1, -0.05) is 30.3 Å². The number of carbonyl (C=O) groups excluding carboxylic acids is 1. The lowest BCUT2D eigenvalue weighted by molar-refractivity contribution is 0.0979. The molecule has 96 valence electrons. The molecule has 0 saturated heterocycles. The van der Waals surface area contributed by atoms with Crippen LogP contribution in [0.3, 0.4) is 0 Å². The zero-order chi connectivity index (χ0) is 13.5. The summed E-state index contributed by atoms with van der Waals surface area (Å²) in [7, 11) is 0. The summed E-state index contributed by atoms with van der Waals surface area (Å²) in [6.45, 7) is -0.431. The highest BCUT2D eigenvalue weighted by molar-refractivity contribution is 6.06. The van der Waals surface area contributed by atoms with Crippen LogP contribution >= 0.6 is 0 Å². The normalized spacial score (nSPS) is 10.6. The van der Waals surface area contributed by atoms with E-state index in [0.717, 1.165) is 0 Å². The molecular formula is C15H13NO3. The lowest BCUT2D eigenvalue weighted by Gasteiger charge is -2.04. The van der Waals surface area contributed by atoms with Gasteiger partial charge in [0.2, 0.25) is 0 Å². The lowest BCUT2D eigenvalue weighted by Crippen LogP contribution is -1.98. The van der Waals surface area contributed by atoms with E-state index in [1.54, 1.807) is 36.5 Å². The molecule has 0 spiro atoms. The monoisotopic (exact) mass is 255 g/mol. The Balaban J connectivity index is 2.17. The molecular weight excluding hydrogens is 242 g/mol. The Kier molecular flexibility index (Phi) is 4.42. The molecule has 1 N–H and O–H groups in total. The average molecular weight is 255 g/mol. The number of ketones is 1. The molecule has 0 amide bonds. The molecule has 1 aromatic carbocycles. The second-order valence-corrected chi connectivity index (χ2v) is 3.72. The van der Waals surface area contributed by atoms with Crippen LogP contribution in [0.15, 0.2) is 54.7 Å². The van der Waals surface area contributed by atoms with Gasteiger partial charge in [-0.25, -0.2) is 0 Å². The van der Waals surface area contributed by atoms with Crippen LogP contribution < -0.4 is 4.74 Å². The first-order chi connectivity index (χ1) is 9.31. The highest BCUT2D eigenvalue weighted by atomic mass is 16.6. The van der Waals surface area contributed by atoms with Crippen LogP contribution in [0.2, 0.25) is 0 Å². The number of nitrogens with zero attached hydrogens (tertiary/aromatic N) is 1. The van der Waals surface area contributed by atoms with Crippen LogP contribution in [0.4, 0.5) is 0 Å². The fraction of sp³-hybridized carbons (Fsp3) is 0.0667. The van der Waals surface area contributed by atoms with Crippen molar-refractivity contribution in [1.29, 1.82) is 0 Å². The number of aromatic nitrogens is 1. The van der Waals surface area contributed by atoms with E-state index in [1.165, 1.54) is 6.08 Å². The molecule has 19 heavy (non-hydrogen) atoms. The fourth-order valence-corrected chi connectivity index (χ4v) is 1.57. The maximum atomic E-state index is 11.9. The number of benzene rings is 1. The number of hydrogen-bond acceptors (Lipinski definition) is 4. The lowest BCUT2D eigenvalue weighted by atomic mass is 10.1. The molecule has 1 heterocycles. The molecule has 0 aliphatic heterocycles. The van der Waals surface area contributed by atoms with Crippen molar-refractivity contribution in [2.24, 2.45) is 0 Å². The van der Waals surface area contributed by atoms with E-state index in [4.69, 9.17) is 9.84 Å². The Hall–Kier alpha value is -2.46. The summed E-state index contributed by atoms with van der Waals surface area (Å²) in [5, 5.41) is 8.76. The minimum atomic E-state index is -0.431. The number of hydrogen-bond donors (Lipinski definition) is 1. The van der Waals surface area contributed by atoms with Crippen molar-refractivity contribution in [3.63, 3.8) is 0 Å². The van der Waals surface area contributed by atoms with Crippen molar-refractivity contribution in [1.82, 2.24) is 4.98 Å². The van der Waals surface area contributed by atoms with Crippen molar-refractivity contribution < 1.29 is 14.6 Å². The third kappa shape index (κ3) is 3.50. The third-order valence-electron chi connectivity index (χ3n) is 2.47. The summed E-state index contributed by atoms with van der Waals surface area (Å²) in [6.07, 6.45) is 4.60. The Bertz CT molecular complexity index is 579. The maximum absolute atomic E-state index is 11.9. The minimum absolute atomic E-state index is 0.110. The number of aliphatic hydroxyl groups excluding tert-OH is 1. The summed E-state index contributed by atoms with van der Waals surface area (Å²) in [5.74, 6) is 0.323. The average Bonchev–Trinajstić information content (AvgIpc) is 2.47. The molecule has 0 atom stereocenters. The van der Waals surface area contributed by atoms with Gasteiger partial charge in [0.1, 0.15) is 11.4 Å². The van der Waals surface area contributed by atoms with Crippen LogP contribution in [0.1, 0.15) is 16.1 Å². The number of allylic oxidation sites excluding steroid dienone is 1. The zero-order valence-corrected chi connectivity index (χ0v) is 10.2. The van der Waals surface area contributed by atoms with Gasteiger partial charge in [-0.3, -0.25) is 9.78 Å². The van der Waals surface area contributed by atoms with Crippen LogP contribution in [0.5, 0.6) is 5.75 Å². The van der Waals surface area contributed by atoms with Crippen molar-refractivity contribution in [3.8, 4) is 5.75 Å². The molecule has 2 aromatic rings. The summed E-state index contributed by atoms with van der Waals surface area (Å²) in [6, 6.07) is 12.3. The van der Waals surface area contributed by atoms with Gasteiger partial charge in [0.25, 0.3) is 0 Å². The molecule has 0 unspecified atom stereocenters. The van der Waals surface area contributed by atoms with Crippen LogP contribution in [-0.2, 0) is 0 Å². The number of carbonyl (C=O) groups is 1. The SMILES string of the molecule is O=C(/C=C/c1ncccc1OCO)c1ccccc1. The molecule has 0 bridgehead atoms. The number of rotatable bonds is 5. The first-order valence-corrected chi connectivity index (χ1v) is 5.77. The Morgan fingerprint density at radius 2 is 2.00 bits per heavy atom. The molecule has 1 aromatic heterocycles. The number of aliphatic hydroxyl groups is 1. The summed E-state index contributed by atoms with van der Waals surface area (Å²) < 4.78 is 5.01. The summed E-state index contributed by atoms with van der Waals surface area (Å²) >= 11 is 0. The first kappa shape index (κ1) is 13.0. The van der Waals surface area contributed by atoms with Gasteiger partial charge in [-0.05, 0) is 24.3 Å². The molecule has 2 rings (SSSR count). The number of ether oxygens (including phenoxy) is 1. The molecule has 0 aliphatic rings. The van der Waals surface area contributed by atoms with Gasteiger partial charge in [0.15, 0.2) is 12.6 Å². The summed E-state index contributed by atoms with van der Waals surface area (Å²) in [5.41, 5.74) is 1.11. The molecule has 0 aliphatic carbocycles. The van der Waals surface area contributed by atoms with Gasteiger partial charge < -0.3 is 9.84 Å². The predicted octanol–water partition coefficient (Wildman–Crippen LogP) is 2.31. The van der Waals surface area contributed by atoms with E-state index < -0.39 is 6.79 Å². The van der Waals surface area contributed by atoms with Crippen molar-refractivity contribution >= 4 is 11.9 Å². The smallest absolute Gasteiger partial charge is 0.186 e. The van der Waals surface area contributed by atoms with E-state index in [2.05, 4.69) is 4.98 Å². The van der Waals surface area contributed by atoms with E-state index in [0.29, 0.717) is 17.0 Å². The highest BCUT2D eigenvalue weighted by Crippen LogP contribution is 2.16. The van der Waals surface area contributed by atoms with E-state index in [-0.39, 0.29) is 5.78 Å². The second kappa shape index (κ2) is 6.47.